The molecule has 1 fully saturated rings. The first-order valence-electron chi connectivity index (χ1n) is 13.3. The first-order chi connectivity index (χ1) is 18.8. The van der Waals surface area contributed by atoms with Crippen molar-refractivity contribution in [2.24, 2.45) is 0 Å². The number of hydrogen-bond donors (Lipinski definition) is 1. The van der Waals surface area contributed by atoms with Crippen molar-refractivity contribution in [3.05, 3.63) is 56.6 Å². The summed E-state index contributed by atoms with van der Waals surface area (Å²) in [7, 11) is -1.30. The Kier molecular flexibility index (Phi) is 11.0. The quantitative estimate of drug-likeness (QED) is 0.218. The summed E-state index contributed by atoms with van der Waals surface area (Å²) in [6.07, 6.45) is -2.70. The van der Waals surface area contributed by atoms with Crippen LogP contribution in [0.4, 0.5) is 23.2 Å². The lowest BCUT2D eigenvalue weighted by Gasteiger charge is -2.36. The number of aliphatic hydroxyl groups excluding tert-OH is 1. The maximum atomic E-state index is 13.7. The Morgan fingerprint density at radius 1 is 1.05 bits per heavy atom. The number of benzene rings is 1. The van der Waals surface area contributed by atoms with E-state index < -0.39 is 44.5 Å². The van der Waals surface area contributed by atoms with Crippen LogP contribution in [0.3, 0.4) is 0 Å². The van der Waals surface area contributed by atoms with Gasteiger partial charge in [-0.2, -0.15) is 13.2 Å². The lowest BCUT2D eigenvalue weighted by molar-refractivity contribution is -0.153. The van der Waals surface area contributed by atoms with E-state index in [1.807, 2.05) is 4.90 Å². The summed E-state index contributed by atoms with van der Waals surface area (Å²) in [6, 6.07) is 4.49. The van der Waals surface area contributed by atoms with Crippen LogP contribution in [0.5, 0.6) is 5.75 Å². The third-order valence-electron chi connectivity index (χ3n) is 6.59. The molecule has 1 aromatic carbocycles. The normalized spacial score (nSPS) is 15.1. The van der Waals surface area contributed by atoms with Crippen LogP contribution in [-0.2, 0) is 24.6 Å². The van der Waals surface area contributed by atoms with Gasteiger partial charge in [-0.3, -0.25) is 18.8 Å². The smallest absolute Gasteiger partial charge is 0.422 e. The second-order valence-corrected chi connectivity index (χ2v) is 16.7. The van der Waals surface area contributed by atoms with Crippen molar-refractivity contribution in [2.45, 2.75) is 58.2 Å². The molecule has 1 saturated heterocycles. The van der Waals surface area contributed by atoms with Gasteiger partial charge in [0.2, 0.25) is 0 Å². The van der Waals surface area contributed by atoms with Gasteiger partial charge in [-0.1, -0.05) is 19.6 Å². The van der Waals surface area contributed by atoms with E-state index in [1.54, 1.807) is 0 Å². The summed E-state index contributed by atoms with van der Waals surface area (Å²) in [5, 5.41) is 9.63. The van der Waals surface area contributed by atoms with Gasteiger partial charge in [0.1, 0.15) is 18.3 Å². The largest absolute Gasteiger partial charge is 0.482 e. The van der Waals surface area contributed by atoms with Crippen molar-refractivity contribution >= 4 is 13.8 Å². The average Bonchev–Trinajstić information content (AvgIpc) is 2.88. The maximum absolute atomic E-state index is 13.7. The van der Waals surface area contributed by atoms with E-state index in [4.69, 9.17) is 9.47 Å². The highest BCUT2D eigenvalue weighted by Crippen LogP contribution is 2.31. The molecule has 40 heavy (non-hydrogen) atoms. The van der Waals surface area contributed by atoms with Crippen LogP contribution in [0.25, 0.3) is 0 Å². The molecule has 0 aliphatic carbocycles. The van der Waals surface area contributed by atoms with Crippen molar-refractivity contribution in [3.8, 4) is 5.75 Å². The van der Waals surface area contributed by atoms with Crippen LogP contribution in [0.1, 0.15) is 12.0 Å². The fourth-order valence-electron chi connectivity index (χ4n) is 4.34. The van der Waals surface area contributed by atoms with Gasteiger partial charge in [0.15, 0.2) is 6.61 Å². The molecule has 2 aromatic rings. The van der Waals surface area contributed by atoms with Crippen LogP contribution in [-0.4, -0.2) is 79.3 Å². The van der Waals surface area contributed by atoms with E-state index in [1.165, 1.54) is 22.9 Å². The Morgan fingerprint density at radius 2 is 1.75 bits per heavy atom. The van der Waals surface area contributed by atoms with E-state index in [0.717, 1.165) is 16.7 Å². The molecule has 224 valence electrons. The highest BCUT2D eigenvalue weighted by atomic mass is 28.3. The third kappa shape index (κ3) is 9.46. The van der Waals surface area contributed by atoms with Crippen LogP contribution >= 0.6 is 0 Å². The molecule has 0 bridgehead atoms. The first kappa shape index (κ1) is 31.8. The van der Waals surface area contributed by atoms with Gasteiger partial charge in [-0.05, 0) is 31.1 Å². The molecule has 0 amide bonds. The Hall–Kier alpha value is -2.68. The zero-order valence-corrected chi connectivity index (χ0v) is 24.2. The molecule has 1 N–H and O–H groups in total. The lowest BCUT2D eigenvalue weighted by Crippen LogP contribution is -2.47. The molecule has 1 aliphatic rings. The molecule has 3 rings (SSSR count). The number of hydrogen-bond acceptors (Lipinski definition) is 7. The molecule has 14 heteroatoms. The molecule has 0 spiro atoms. The number of aromatic nitrogens is 2. The fraction of sp³-hybridized carbons (Fsp3) is 0.615. The molecule has 2 heterocycles. The van der Waals surface area contributed by atoms with E-state index >= 15 is 0 Å². The molecular formula is C26H38F4N4O5Si. The highest BCUT2D eigenvalue weighted by molar-refractivity contribution is 6.76. The van der Waals surface area contributed by atoms with Crippen molar-refractivity contribution in [1.82, 2.24) is 14.0 Å². The number of nitrogens with zero attached hydrogens (tertiary/aromatic N) is 4. The Morgan fingerprint density at radius 3 is 2.38 bits per heavy atom. The Balaban J connectivity index is 1.56. The van der Waals surface area contributed by atoms with Crippen LogP contribution in [0.2, 0.25) is 25.7 Å². The molecule has 9 nitrogen and oxygen atoms in total. The first-order valence-corrected chi connectivity index (χ1v) is 17.0. The summed E-state index contributed by atoms with van der Waals surface area (Å²) in [5.74, 6) is -0.841. The zero-order chi connectivity index (χ0) is 29.5. The maximum Gasteiger partial charge on any atom is 0.422 e. The minimum atomic E-state index is -4.54. The van der Waals surface area contributed by atoms with Crippen molar-refractivity contribution in [1.29, 1.82) is 0 Å². The predicted octanol–water partition coefficient (Wildman–Crippen LogP) is 3.11. The van der Waals surface area contributed by atoms with Crippen molar-refractivity contribution in [2.75, 3.05) is 50.8 Å². The molecule has 0 unspecified atom stereocenters. The minimum Gasteiger partial charge on any atom is -0.482 e. The van der Waals surface area contributed by atoms with Crippen LogP contribution < -0.4 is 20.9 Å². The Bertz CT molecular complexity index is 1240. The van der Waals surface area contributed by atoms with Crippen LogP contribution in [0, 0.1) is 5.82 Å². The van der Waals surface area contributed by atoms with Crippen molar-refractivity contribution < 1.29 is 32.1 Å². The Labute approximate surface area is 231 Å². The molecule has 1 aliphatic heterocycles. The molecular weight excluding hydrogens is 552 g/mol. The van der Waals surface area contributed by atoms with Gasteiger partial charge in [0, 0.05) is 59.7 Å². The molecule has 0 saturated carbocycles. The molecule has 0 atom stereocenters. The standard InChI is InChI=1S/C26H38F4N4O5Si/c1-40(2,3)14-13-38-19-33-16-20(17-35)24(36)34(25(33)37)8-4-7-31-9-11-32(12-10-31)22-6-5-21(27)15-23(22)39-18-26(28,29)30/h5-6,15-16,35H,4,7-14,17-19H2,1-3H3. The molecule has 1 aromatic heterocycles. The average molecular weight is 591 g/mol. The molecule has 0 radical (unpaired) electrons. The number of alkyl halides is 3. The van der Waals surface area contributed by atoms with Gasteiger partial charge in [0.05, 0.1) is 17.9 Å². The lowest BCUT2D eigenvalue weighted by atomic mass is 10.2. The van der Waals surface area contributed by atoms with Crippen LogP contribution in [0.15, 0.2) is 34.0 Å². The second-order valence-electron chi connectivity index (χ2n) is 11.1. The topological polar surface area (TPSA) is 89.2 Å². The summed E-state index contributed by atoms with van der Waals surface area (Å²) < 4.78 is 64.5. The summed E-state index contributed by atoms with van der Waals surface area (Å²) in [4.78, 5) is 29.6. The van der Waals surface area contributed by atoms with Crippen molar-refractivity contribution in [3.63, 3.8) is 0 Å². The summed E-state index contributed by atoms with van der Waals surface area (Å²) in [6.45, 7) is 8.04. The number of piperazine rings is 1. The monoisotopic (exact) mass is 590 g/mol. The van der Waals surface area contributed by atoms with Gasteiger partial charge < -0.3 is 19.5 Å². The van der Waals surface area contributed by atoms with Gasteiger partial charge >= 0.3 is 11.9 Å². The van der Waals surface area contributed by atoms with Gasteiger partial charge in [0.25, 0.3) is 5.56 Å². The minimum absolute atomic E-state index is 0.00336. The van der Waals surface area contributed by atoms with Gasteiger partial charge in [-0.25, -0.2) is 9.18 Å². The number of anilines is 1. The van der Waals surface area contributed by atoms with E-state index in [0.29, 0.717) is 51.4 Å². The van der Waals surface area contributed by atoms with E-state index in [9.17, 15) is 32.3 Å². The number of rotatable bonds is 13. The highest BCUT2D eigenvalue weighted by Gasteiger charge is 2.30. The third-order valence-corrected chi connectivity index (χ3v) is 8.29. The van der Waals surface area contributed by atoms with E-state index in [2.05, 4.69) is 24.5 Å². The fourth-order valence-corrected chi connectivity index (χ4v) is 5.10. The number of halogens is 4. The SMILES string of the molecule is C[Si](C)(C)CCOCn1cc(CO)c(=O)n(CCCN2CCN(c3ccc(F)cc3OCC(F)(F)F)CC2)c1=O. The second kappa shape index (κ2) is 13.8. The summed E-state index contributed by atoms with van der Waals surface area (Å²) in [5.41, 5.74) is -0.517. The number of ether oxygens (including phenoxy) is 2. The number of aliphatic hydroxyl groups is 1. The zero-order valence-electron chi connectivity index (χ0n) is 23.2. The summed E-state index contributed by atoms with van der Waals surface area (Å²) >= 11 is 0. The predicted molar refractivity (Wildman–Crippen MR) is 146 cm³/mol. The van der Waals surface area contributed by atoms with Gasteiger partial charge in [-0.15, -0.1) is 0 Å². The van der Waals surface area contributed by atoms with E-state index in [-0.39, 0.29) is 24.6 Å².